The number of nitrogens with one attached hydrogen (secondary N) is 1. The average molecular weight is 333 g/mol. The quantitative estimate of drug-likeness (QED) is 0.922. The van der Waals surface area contributed by atoms with Crippen LogP contribution in [0, 0.1) is 5.41 Å². The number of rotatable bonds is 3. The summed E-state index contributed by atoms with van der Waals surface area (Å²) in [6.07, 6.45) is 4.01. The highest BCUT2D eigenvalue weighted by atomic mass is 35.5. The molecule has 4 rings (SSSR count). The van der Waals surface area contributed by atoms with Gasteiger partial charge in [-0.05, 0) is 56.4 Å². The van der Waals surface area contributed by atoms with Gasteiger partial charge in [-0.15, -0.1) is 12.4 Å². The lowest BCUT2D eigenvalue weighted by atomic mass is 9.78. The Morgan fingerprint density at radius 2 is 1.78 bits per heavy atom. The Kier molecular flexibility index (Phi) is 5.10. The summed E-state index contributed by atoms with van der Waals surface area (Å²) in [5, 5.41) is 3.48. The maximum Gasteiger partial charge on any atom is 0.134 e. The van der Waals surface area contributed by atoms with Crippen LogP contribution in [-0.2, 0) is 6.54 Å². The number of furan rings is 1. The average Bonchev–Trinajstić information content (AvgIpc) is 3.17. The first-order valence-corrected chi connectivity index (χ1v) is 8.40. The maximum atomic E-state index is 6.05. The van der Waals surface area contributed by atoms with E-state index in [1.165, 1.54) is 45.4 Å². The second kappa shape index (κ2) is 7.08. The number of nitrogens with zero attached hydrogens (tertiary/aromatic N) is 1. The van der Waals surface area contributed by atoms with Gasteiger partial charge in [0.2, 0.25) is 0 Å². The molecule has 4 heteroatoms. The third-order valence-electron chi connectivity index (χ3n) is 5.28. The molecule has 23 heavy (non-hydrogen) atoms. The Morgan fingerprint density at radius 1 is 1.00 bits per heavy atom. The lowest BCUT2D eigenvalue weighted by Crippen LogP contribution is -2.38. The van der Waals surface area contributed by atoms with Crippen LogP contribution >= 0.6 is 12.4 Å². The fourth-order valence-corrected chi connectivity index (χ4v) is 3.97. The lowest BCUT2D eigenvalue weighted by Gasteiger charge is -2.33. The van der Waals surface area contributed by atoms with Crippen LogP contribution < -0.4 is 5.32 Å². The molecule has 1 spiro atoms. The van der Waals surface area contributed by atoms with Gasteiger partial charge in [-0.3, -0.25) is 4.90 Å². The summed E-state index contributed by atoms with van der Waals surface area (Å²) in [7, 11) is 0. The van der Waals surface area contributed by atoms with Crippen molar-refractivity contribution in [1.29, 1.82) is 0 Å². The van der Waals surface area contributed by atoms with E-state index in [1.807, 2.05) is 6.07 Å². The smallest absolute Gasteiger partial charge is 0.134 e. The molecule has 0 saturated carbocycles. The molecule has 2 aliphatic heterocycles. The van der Waals surface area contributed by atoms with Gasteiger partial charge in [-0.2, -0.15) is 0 Å². The minimum Gasteiger partial charge on any atom is -0.460 e. The van der Waals surface area contributed by atoms with Gasteiger partial charge < -0.3 is 9.73 Å². The van der Waals surface area contributed by atoms with Gasteiger partial charge in [0.1, 0.15) is 11.5 Å². The van der Waals surface area contributed by atoms with E-state index in [4.69, 9.17) is 4.42 Å². The standard InChI is InChI=1S/C19H24N2O.ClH/c1-2-4-16(5-3-1)18-7-6-17(22-18)14-21-13-10-19(15-21)8-11-20-12-9-19;/h1-7,20H,8-15H2;1H. The number of likely N-dealkylation sites (tertiary alicyclic amines) is 1. The molecule has 1 N–H and O–H groups in total. The monoisotopic (exact) mass is 332 g/mol. The van der Waals surface area contributed by atoms with Crippen molar-refractivity contribution in [2.45, 2.75) is 25.8 Å². The molecule has 124 valence electrons. The number of halogens is 1. The van der Waals surface area contributed by atoms with E-state index in [-0.39, 0.29) is 12.4 Å². The van der Waals surface area contributed by atoms with Crippen LogP contribution in [0.5, 0.6) is 0 Å². The van der Waals surface area contributed by atoms with Crippen molar-refractivity contribution in [3.8, 4) is 11.3 Å². The minimum absolute atomic E-state index is 0. The molecule has 0 radical (unpaired) electrons. The fourth-order valence-electron chi connectivity index (χ4n) is 3.97. The predicted octanol–water partition coefficient (Wildman–Crippen LogP) is 3.94. The zero-order valence-corrected chi connectivity index (χ0v) is 14.3. The summed E-state index contributed by atoms with van der Waals surface area (Å²) in [6, 6.07) is 14.6. The first kappa shape index (κ1) is 16.6. The third-order valence-corrected chi connectivity index (χ3v) is 5.28. The normalized spacial score (nSPS) is 20.5. The number of hydrogen-bond acceptors (Lipinski definition) is 3. The fraction of sp³-hybridized carbons (Fsp3) is 0.474. The van der Waals surface area contributed by atoms with Gasteiger partial charge in [-0.1, -0.05) is 30.3 Å². The van der Waals surface area contributed by atoms with Crippen LogP contribution in [0.1, 0.15) is 25.0 Å². The van der Waals surface area contributed by atoms with Crippen molar-refractivity contribution >= 4 is 12.4 Å². The zero-order valence-electron chi connectivity index (χ0n) is 13.5. The van der Waals surface area contributed by atoms with Gasteiger partial charge in [0.05, 0.1) is 6.54 Å². The summed E-state index contributed by atoms with van der Waals surface area (Å²) in [5.74, 6) is 2.07. The van der Waals surface area contributed by atoms with Crippen LogP contribution in [0.25, 0.3) is 11.3 Å². The first-order chi connectivity index (χ1) is 10.8. The van der Waals surface area contributed by atoms with Crippen molar-refractivity contribution in [2.75, 3.05) is 26.2 Å². The molecule has 1 aromatic heterocycles. The molecule has 2 saturated heterocycles. The maximum absolute atomic E-state index is 6.05. The van der Waals surface area contributed by atoms with Crippen LogP contribution in [0.3, 0.4) is 0 Å². The minimum atomic E-state index is 0. The SMILES string of the molecule is Cl.c1ccc(-c2ccc(CN3CCC4(CCNCC4)C3)o2)cc1. The second-order valence-electron chi connectivity index (χ2n) is 6.84. The molecule has 0 bridgehead atoms. The largest absolute Gasteiger partial charge is 0.460 e. The Balaban J connectivity index is 0.00000156. The van der Waals surface area contributed by atoms with E-state index in [0.717, 1.165) is 23.6 Å². The van der Waals surface area contributed by atoms with Gasteiger partial charge in [0.25, 0.3) is 0 Å². The molecule has 0 amide bonds. The van der Waals surface area contributed by atoms with Crippen molar-refractivity contribution in [2.24, 2.45) is 5.41 Å². The summed E-state index contributed by atoms with van der Waals surface area (Å²) in [5.41, 5.74) is 1.73. The molecular formula is C19H25ClN2O. The second-order valence-corrected chi connectivity index (χ2v) is 6.84. The van der Waals surface area contributed by atoms with E-state index < -0.39 is 0 Å². The van der Waals surface area contributed by atoms with Crippen LogP contribution in [0.2, 0.25) is 0 Å². The molecule has 2 aromatic rings. The van der Waals surface area contributed by atoms with E-state index in [9.17, 15) is 0 Å². The summed E-state index contributed by atoms with van der Waals surface area (Å²) < 4.78 is 6.05. The molecular weight excluding hydrogens is 308 g/mol. The van der Waals surface area contributed by atoms with Crippen molar-refractivity contribution < 1.29 is 4.42 Å². The van der Waals surface area contributed by atoms with Crippen LogP contribution in [-0.4, -0.2) is 31.1 Å². The van der Waals surface area contributed by atoms with Gasteiger partial charge in [0, 0.05) is 12.1 Å². The number of piperidine rings is 1. The van der Waals surface area contributed by atoms with E-state index in [2.05, 4.69) is 46.6 Å². The Labute approximate surface area is 144 Å². The summed E-state index contributed by atoms with van der Waals surface area (Å²) in [4.78, 5) is 2.57. The van der Waals surface area contributed by atoms with Crippen molar-refractivity contribution in [1.82, 2.24) is 10.2 Å². The van der Waals surface area contributed by atoms with E-state index in [1.54, 1.807) is 0 Å². The highest BCUT2D eigenvalue weighted by Gasteiger charge is 2.38. The van der Waals surface area contributed by atoms with Gasteiger partial charge in [-0.25, -0.2) is 0 Å². The highest BCUT2D eigenvalue weighted by molar-refractivity contribution is 5.85. The molecule has 0 aliphatic carbocycles. The highest BCUT2D eigenvalue weighted by Crippen LogP contribution is 2.39. The number of benzene rings is 1. The predicted molar refractivity (Wildman–Crippen MR) is 95.8 cm³/mol. The van der Waals surface area contributed by atoms with Gasteiger partial charge in [0.15, 0.2) is 0 Å². The Hall–Kier alpha value is -1.29. The number of hydrogen-bond donors (Lipinski definition) is 1. The van der Waals surface area contributed by atoms with E-state index in [0.29, 0.717) is 5.41 Å². The molecule has 0 atom stereocenters. The van der Waals surface area contributed by atoms with Crippen molar-refractivity contribution in [3.63, 3.8) is 0 Å². The third kappa shape index (κ3) is 3.63. The topological polar surface area (TPSA) is 28.4 Å². The molecule has 3 nitrogen and oxygen atoms in total. The Bertz CT molecular complexity index is 619. The molecule has 0 unspecified atom stereocenters. The molecule has 1 aromatic carbocycles. The van der Waals surface area contributed by atoms with Gasteiger partial charge >= 0.3 is 0 Å². The summed E-state index contributed by atoms with van der Waals surface area (Å²) >= 11 is 0. The van der Waals surface area contributed by atoms with Crippen LogP contribution in [0.4, 0.5) is 0 Å². The van der Waals surface area contributed by atoms with Crippen LogP contribution in [0.15, 0.2) is 46.9 Å². The van der Waals surface area contributed by atoms with Crippen molar-refractivity contribution in [3.05, 3.63) is 48.2 Å². The van der Waals surface area contributed by atoms with E-state index >= 15 is 0 Å². The first-order valence-electron chi connectivity index (χ1n) is 8.40. The lowest BCUT2D eigenvalue weighted by molar-refractivity contribution is 0.189. The summed E-state index contributed by atoms with van der Waals surface area (Å²) in [6.45, 7) is 5.76. The molecule has 3 heterocycles. The molecule has 2 aliphatic rings. The zero-order chi connectivity index (χ0) is 14.8. The Morgan fingerprint density at radius 3 is 2.57 bits per heavy atom. The molecule has 2 fully saturated rings.